The summed E-state index contributed by atoms with van der Waals surface area (Å²) in [6, 6.07) is 1.38. The fourth-order valence-electron chi connectivity index (χ4n) is 2.17. The fourth-order valence-corrected chi connectivity index (χ4v) is 3.93. The molecule has 0 aliphatic carbocycles. The van der Waals surface area contributed by atoms with Crippen molar-refractivity contribution in [1.82, 2.24) is 0 Å². The first-order chi connectivity index (χ1) is 9.31. The molecular formula is C12H13F2NO4S. The SMILES string of the molecule is O=C(O)c1cc(F)c(NCC2CCCS2(=O)=O)c(F)c1. The van der Waals surface area contributed by atoms with E-state index in [1.165, 1.54) is 0 Å². The van der Waals surface area contributed by atoms with Gasteiger partial charge in [0.25, 0.3) is 0 Å². The van der Waals surface area contributed by atoms with Crippen molar-refractivity contribution in [2.75, 3.05) is 17.6 Å². The lowest BCUT2D eigenvalue weighted by molar-refractivity contribution is 0.0696. The lowest BCUT2D eigenvalue weighted by Crippen LogP contribution is -2.25. The van der Waals surface area contributed by atoms with Crippen molar-refractivity contribution < 1.29 is 27.1 Å². The van der Waals surface area contributed by atoms with Crippen LogP contribution in [0.1, 0.15) is 23.2 Å². The van der Waals surface area contributed by atoms with Crippen LogP contribution in [0, 0.1) is 11.6 Å². The summed E-state index contributed by atoms with van der Waals surface area (Å²) in [6.07, 6.45) is 0.989. The molecule has 0 aromatic heterocycles. The second-order valence-corrected chi connectivity index (χ2v) is 7.03. The van der Waals surface area contributed by atoms with Crippen LogP contribution in [0.25, 0.3) is 0 Å². The van der Waals surface area contributed by atoms with Gasteiger partial charge in [0.15, 0.2) is 9.84 Å². The zero-order chi connectivity index (χ0) is 14.9. The third-order valence-corrected chi connectivity index (χ3v) is 5.53. The second-order valence-electron chi connectivity index (χ2n) is 4.63. The highest BCUT2D eigenvalue weighted by molar-refractivity contribution is 7.92. The first-order valence-electron chi connectivity index (χ1n) is 5.99. The van der Waals surface area contributed by atoms with Crippen LogP contribution >= 0.6 is 0 Å². The number of carboxylic acid groups (broad SMARTS) is 1. The molecule has 0 spiro atoms. The van der Waals surface area contributed by atoms with Crippen molar-refractivity contribution in [2.24, 2.45) is 0 Å². The number of hydrogen-bond acceptors (Lipinski definition) is 4. The Morgan fingerprint density at radius 3 is 2.40 bits per heavy atom. The largest absolute Gasteiger partial charge is 0.478 e. The summed E-state index contributed by atoms with van der Waals surface area (Å²) in [5.74, 6) is -3.47. The molecule has 5 nitrogen and oxygen atoms in total. The summed E-state index contributed by atoms with van der Waals surface area (Å²) in [7, 11) is -3.21. The molecule has 0 radical (unpaired) electrons. The number of aromatic carboxylic acids is 1. The molecule has 1 aromatic carbocycles. The Bertz CT molecular complexity index is 622. The summed E-state index contributed by atoms with van der Waals surface area (Å²) in [4.78, 5) is 10.6. The van der Waals surface area contributed by atoms with Crippen molar-refractivity contribution in [2.45, 2.75) is 18.1 Å². The number of sulfone groups is 1. The van der Waals surface area contributed by atoms with Gasteiger partial charge >= 0.3 is 5.97 Å². The van der Waals surface area contributed by atoms with E-state index in [4.69, 9.17) is 5.11 Å². The smallest absolute Gasteiger partial charge is 0.335 e. The maximum atomic E-state index is 13.6. The van der Waals surface area contributed by atoms with E-state index in [9.17, 15) is 22.0 Å². The number of halogens is 2. The number of nitrogens with one attached hydrogen (secondary N) is 1. The molecule has 0 saturated carbocycles. The number of carbonyl (C=O) groups is 1. The van der Waals surface area contributed by atoms with Crippen LogP contribution in [-0.4, -0.2) is 37.0 Å². The molecule has 0 bridgehead atoms. The van der Waals surface area contributed by atoms with Gasteiger partial charge < -0.3 is 10.4 Å². The Kier molecular flexibility index (Phi) is 3.94. The summed E-state index contributed by atoms with van der Waals surface area (Å²) in [6.45, 7) is -0.0947. The lowest BCUT2D eigenvalue weighted by atomic mass is 10.1. The minimum atomic E-state index is -3.21. The van der Waals surface area contributed by atoms with Gasteiger partial charge in [0.1, 0.15) is 17.3 Å². The van der Waals surface area contributed by atoms with Gasteiger partial charge in [0.2, 0.25) is 0 Å². The Hall–Kier alpha value is -1.70. The van der Waals surface area contributed by atoms with E-state index >= 15 is 0 Å². The predicted octanol–water partition coefficient (Wildman–Crippen LogP) is 1.65. The van der Waals surface area contributed by atoms with Crippen LogP contribution < -0.4 is 5.32 Å². The second kappa shape index (κ2) is 5.35. The highest BCUT2D eigenvalue weighted by atomic mass is 32.2. The molecule has 20 heavy (non-hydrogen) atoms. The predicted molar refractivity (Wildman–Crippen MR) is 68.6 cm³/mol. The Morgan fingerprint density at radius 2 is 1.95 bits per heavy atom. The first-order valence-corrected chi connectivity index (χ1v) is 7.70. The average Bonchev–Trinajstić information content (AvgIpc) is 2.67. The normalized spacial score (nSPS) is 20.8. The summed E-state index contributed by atoms with van der Waals surface area (Å²) in [5, 5.41) is 10.4. The number of anilines is 1. The Labute approximate surface area is 114 Å². The van der Waals surface area contributed by atoms with Crippen LogP contribution in [-0.2, 0) is 9.84 Å². The maximum absolute atomic E-state index is 13.6. The number of hydrogen-bond donors (Lipinski definition) is 2. The quantitative estimate of drug-likeness (QED) is 0.884. The van der Waals surface area contributed by atoms with Gasteiger partial charge in [-0.05, 0) is 25.0 Å². The number of carboxylic acids is 1. The molecule has 2 rings (SSSR count). The highest BCUT2D eigenvalue weighted by Gasteiger charge is 2.31. The standard InChI is InChI=1S/C12H13F2NO4S/c13-9-4-7(12(16)17)5-10(14)11(9)15-6-8-2-1-3-20(8,18)19/h4-5,8,15H,1-3,6H2,(H,16,17). The van der Waals surface area contributed by atoms with E-state index in [1.807, 2.05) is 0 Å². The molecule has 1 aromatic rings. The van der Waals surface area contributed by atoms with Gasteiger partial charge in [0, 0.05) is 6.54 Å². The number of rotatable bonds is 4. The van der Waals surface area contributed by atoms with E-state index < -0.39 is 43.9 Å². The van der Waals surface area contributed by atoms with Gasteiger partial charge in [-0.25, -0.2) is 22.0 Å². The average molecular weight is 305 g/mol. The van der Waals surface area contributed by atoms with Crippen molar-refractivity contribution in [3.63, 3.8) is 0 Å². The zero-order valence-corrected chi connectivity index (χ0v) is 11.2. The molecule has 0 amide bonds. The van der Waals surface area contributed by atoms with E-state index in [2.05, 4.69) is 5.32 Å². The molecule has 1 fully saturated rings. The molecule has 1 atom stereocenters. The van der Waals surface area contributed by atoms with E-state index in [0.29, 0.717) is 25.0 Å². The fraction of sp³-hybridized carbons (Fsp3) is 0.417. The zero-order valence-electron chi connectivity index (χ0n) is 10.4. The minimum absolute atomic E-state index is 0.0856. The number of benzene rings is 1. The van der Waals surface area contributed by atoms with Gasteiger partial charge in [-0.15, -0.1) is 0 Å². The van der Waals surface area contributed by atoms with Gasteiger partial charge in [0.05, 0.1) is 16.6 Å². The third kappa shape index (κ3) is 2.90. The molecule has 1 saturated heterocycles. The Balaban J connectivity index is 2.16. The van der Waals surface area contributed by atoms with Gasteiger partial charge in [-0.3, -0.25) is 0 Å². The van der Waals surface area contributed by atoms with E-state index in [1.54, 1.807) is 0 Å². The molecule has 8 heteroatoms. The van der Waals surface area contributed by atoms with Gasteiger partial charge in [-0.1, -0.05) is 0 Å². The van der Waals surface area contributed by atoms with Crippen molar-refractivity contribution in [3.05, 3.63) is 29.3 Å². The maximum Gasteiger partial charge on any atom is 0.335 e. The topological polar surface area (TPSA) is 83.5 Å². The molecule has 1 heterocycles. The van der Waals surface area contributed by atoms with Crippen LogP contribution in [0.3, 0.4) is 0 Å². The van der Waals surface area contributed by atoms with Crippen LogP contribution in [0.4, 0.5) is 14.5 Å². The van der Waals surface area contributed by atoms with Gasteiger partial charge in [-0.2, -0.15) is 0 Å². The monoisotopic (exact) mass is 305 g/mol. The molecule has 1 aliphatic heterocycles. The van der Waals surface area contributed by atoms with Crippen molar-refractivity contribution in [1.29, 1.82) is 0 Å². The first kappa shape index (κ1) is 14.7. The molecule has 1 unspecified atom stereocenters. The molecule has 110 valence electrons. The summed E-state index contributed by atoms with van der Waals surface area (Å²) < 4.78 is 50.4. The minimum Gasteiger partial charge on any atom is -0.478 e. The third-order valence-electron chi connectivity index (χ3n) is 3.26. The van der Waals surface area contributed by atoms with Crippen molar-refractivity contribution >= 4 is 21.5 Å². The molecule has 2 N–H and O–H groups in total. The van der Waals surface area contributed by atoms with E-state index in [0.717, 1.165) is 0 Å². The highest BCUT2D eigenvalue weighted by Crippen LogP contribution is 2.24. The Morgan fingerprint density at radius 1 is 1.35 bits per heavy atom. The van der Waals surface area contributed by atoms with E-state index in [-0.39, 0.29) is 12.3 Å². The molecular weight excluding hydrogens is 292 g/mol. The molecule has 1 aliphatic rings. The summed E-state index contributed by atoms with van der Waals surface area (Å²) in [5.41, 5.74) is -1.00. The van der Waals surface area contributed by atoms with Crippen LogP contribution in [0.5, 0.6) is 0 Å². The summed E-state index contributed by atoms with van der Waals surface area (Å²) >= 11 is 0. The van der Waals surface area contributed by atoms with Crippen LogP contribution in [0.2, 0.25) is 0 Å². The lowest BCUT2D eigenvalue weighted by Gasteiger charge is -2.13. The van der Waals surface area contributed by atoms with Crippen LogP contribution in [0.15, 0.2) is 12.1 Å². The van der Waals surface area contributed by atoms with Crippen molar-refractivity contribution in [3.8, 4) is 0 Å².